The predicted molar refractivity (Wildman–Crippen MR) is 57.3 cm³/mol. The normalized spacial score (nSPS) is 10.5. The van der Waals surface area contributed by atoms with Crippen molar-refractivity contribution in [2.24, 2.45) is 0 Å². The fourth-order valence-electron chi connectivity index (χ4n) is 1.57. The van der Waals surface area contributed by atoms with Gasteiger partial charge in [0.25, 0.3) is 0 Å². The lowest BCUT2D eigenvalue weighted by atomic mass is 10.2. The summed E-state index contributed by atoms with van der Waals surface area (Å²) in [6.07, 6.45) is 5.99. The highest BCUT2D eigenvalue weighted by Gasteiger charge is 2.03. The first-order valence-corrected chi connectivity index (χ1v) is 5.08. The van der Waals surface area contributed by atoms with Crippen molar-refractivity contribution in [1.29, 1.82) is 0 Å². The number of aliphatic hydroxyl groups is 1. The standard InChI is InChI=1S/C12H15N2O/c15-9-8-13-6-7-14(11-13)10-12-4-2-1-3-5-12/h1-7,11,15H,8-10H2/q+1. The summed E-state index contributed by atoms with van der Waals surface area (Å²) in [5.41, 5.74) is 1.28. The van der Waals surface area contributed by atoms with Gasteiger partial charge in [0.1, 0.15) is 25.5 Å². The molecule has 0 bridgehead atoms. The van der Waals surface area contributed by atoms with Gasteiger partial charge in [-0.1, -0.05) is 30.3 Å². The van der Waals surface area contributed by atoms with E-state index in [4.69, 9.17) is 5.11 Å². The predicted octanol–water partition coefficient (Wildman–Crippen LogP) is 0.816. The first-order valence-electron chi connectivity index (χ1n) is 5.08. The number of hydrogen-bond acceptors (Lipinski definition) is 1. The fourth-order valence-corrected chi connectivity index (χ4v) is 1.57. The smallest absolute Gasteiger partial charge is 0.244 e. The zero-order valence-electron chi connectivity index (χ0n) is 8.58. The third-order valence-corrected chi connectivity index (χ3v) is 2.31. The van der Waals surface area contributed by atoms with Gasteiger partial charge in [0.15, 0.2) is 0 Å². The van der Waals surface area contributed by atoms with E-state index >= 15 is 0 Å². The lowest BCUT2D eigenvalue weighted by molar-refractivity contribution is -0.687. The number of rotatable bonds is 4. The topological polar surface area (TPSA) is 29.0 Å². The van der Waals surface area contributed by atoms with E-state index in [1.165, 1.54) is 5.56 Å². The van der Waals surface area contributed by atoms with Crippen LogP contribution in [0.25, 0.3) is 0 Å². The van der Waals surface area contributed by atoms with Crippen LogP contribution in [0.4, 0.5) is 0 Å². The molecule has 0 spiro atoms. The minimum atomic E-state index is 0.181. The van der Waals surface area contributed by atoms with Crippen molar-refractivity contribution >= 4 is 0 Å². The van der Waals surface area contributed by atoms with E-state index in [0.717, 1.165) is 6.54 Å². The van der Waals surface area contributed by atoms with E-state index in [-0.39, 0.29) is 6.61 Å². The Morgan fingerprint density at radius 3 is 2.73 bits per heavy atom. The van der Waals surface area contributed by atoms with Crippen LogP contribution < -0.4 is 4.57 Å². The molecule has 0 aliphatic rings. The van der Waals surface area contributed by atoms with Crippen LogP contribution in [0.5, 0.6) is 0 Å². The van der Waals surface area contributed by atoms with Crippen LogP contribution in [-0.2, 0) is 13.1 Å². The summed E-state index contributed by atoms with van der Waals surface area (Å²) in [5.74, 6) is 0. The first kappa shape index (κ1) is 9.93. The highest BCUT2D eigenvalue weighted by atomic mass is 16.3. The second kappa shape index (κ2) is 4.75. The van der Waals surface area contributed by atoms with Gasteiger partial charge in [-0.2, -0.15) is 0 Å². The zero-order valence-corrected chi connectivity index (χ0v) is 8.58. The van der Waals surface area contributed by atoms with E-state index in [2.05, 4.69) is 16.7 Å². The van der Waals surface area contributed by atoms with Gasteiger partial charge in [-0.05, 0) is 5.56 Å². The molecule has 1 N–H and O–H groups in total. The molecule has 0 atom stereocenters. The highest BCUT2D eigenvalue weighted by Crippen LogP contribution is 1.97. The highest BCUT2D eigenvalue weighted by molar-refractivity contribution is 5.13. The van der Waals surface area contributed by atoms with Crippen LogP contribution in [0, 0.1) is 0 Å². The quantitative estimate of drug-likeness (QED) is 0.732. The SMILES string of the molecule is OCCn1cc[n+](Cc2ccccc2)c1. The second-order valence-electron chi connectivity index (χ2n) is 3.53. The summed E-state index contributed by atoms with van der Waals surface area (Å²) < 4.78 is 4.08. The van der Waals surface area contributed by atoms with E-state index in [0.29, 0.717) is 6.54 Å². The van der Waals surface area contributed by atoms with Crippen LogP contribution in [0.1, 0.15) is 5.56 Å². The summed E-state index contributed by atoms with van der Waals surface area (Å²) in [7, 11) is 0. The zero-order chi connectivity index (χ0) is 10.5. The van der Waals surface area contributed by atoms with Gasteiger partial charge in [0.05, 0.1) is 6.61 Å². The molecular weight excluding hydrogens is 188 g/mol. The molecule has 1 heterocycles. The number of nitrogens with zero attached hydrogens (tertiary/aromatic N) is 2. The first-order chi connectivity index (χ1) is 7.38. The summed E-state index contributed by atoms with van der Waals surface area (Å²) in [5, 5.41) is 8.79. The summed E-state index contributed by atoms with van der Waals surface area (Å²) in [6, 6.07) is 10.3. The number of aromatic nitrogens is 2. The molecule has 0 saturated heterocycles. The van der Waals surface area contributed by atoms with Crippen LogP contribution >= 0.6 is 0 Å². The van der Waals surface area contributed by atoms with Crippen molar-refractivity contribution in [2.45, 2.75) is 13.1 Å². The largest absolute Gasteiger partial charge is 0.392 e. The second-order valence-corrected chi connectivity index (χ2v) is 3.53. The molecule has 2 aromatic rings. The molecule has 2 rings (SSSR count). The van der Waals surface area contributed by atoms with Gasteiger partial charge in [0.2, 0.25) is 6.33 Å². The Morgan fingerprint density at radius 2 is 2.00 bits per heavy atom. The molecule has 0 aliphatic carbocycles. The minimum Gasteiger partial charge on any atom is -0.392 e. The molecule has 0 fully saturated rings. The molecule has 3 heteroatoms. The molecule has 15 heavy (non-hydrogen) atoms. The van der Waals surface area contributed by atoms with Gasteiger partial charge >= 0.3 is 0 Å². The van der Waals surface area contributed by atoms with Gasteiger partial charge < -0.3 is 5.11 Å². The van der Waals surface area contributed by atoms with E-state index in [1.807, 2.05) is 41.5 Å². The van der Waals surface area contributed by atoms with Crippen molar-refractivity contribution in [2.75, 3.05) is 6.61 Å². The molecular formula is C12H15N2O+. The maximum absolute atomic E-state index is 8.79. The van der Waals surface area contributed by atoms with Crippen LogP contribution in [0.2, 0.25) is 0 Å². The third kappa shape index (κ3) is 2.67. The van der Waals surface area contributed by atoms with Crippen molar-refractivity contribution < 1.29 is 9.67 Å². The maximum Gasteiger partial charge on any atom is 0.244 e. The molecule has 0 unspecified atom stereocenters. The molecule has 0 amide bonds. The van der Waals surface area contributed by atoms with Gasteiger partial charge in [0, 0.05) is 0 Å². The van der Waals surface area contributed by atoms with Crippen molar-refractivity contribution in [1.82, 2.24) is 4.57 Å². The Hall–Kier alpha value is -1.61. The Morgan fingerprint density at radius 1 is 1.20 bits per heavy atom. The van der Waals surface area contributed by atoms with Crippen molar-refractivity contribution in [3.8, 4) is 0 Å². The molecule has 1 aromatic heterocycles. The van der Waals surface area contributed by atoms with E-state index in [9.17, 15) is 0 Å². The van der Waals surface area contributed by atoms with Crippen molar-refractivity contribution in [3.63, 3.8) is 0 Å². The average Bonchev–Trinajstić information content (AvgIpc) is 2.68. The van der Waals surface area contributed by atoms with Gasteiger partial charge in [-0.25, -0.2) is 9.13 Å². The van der Waals surface area contributed by atoms with Crippen LogP contribution in [-0.4, -0.2) is 16.3 Å². The Labute approximate surface area is 89.2 Å². The Bertz CT molecular complexity index is 409. The minimum absolute atomic E-state index is 0.181. The molecule has 1 aromatic carbocycles. The molecule has 0 radical (unpaired) electrons. The lowest BCUT2D eigenvalue weighted by Gasteiger charge is -1.96. The number of hydrogen-bond donors (Lipinski definition) is 1. The van der Waals surface area contributed by atoms with Gasteiger partial charge in [-0.3, -0.25) is 0 Å². The van der Waals surface area contributed by atoms with Crippen molar-refractivity contribution in [3.05, 3.63) is 54.6 Å². The number of imidazole rings is 1. The van der Waals surface area contributed by atoms with Crippen LogP contribution in [0.15, 0.2) is 49.1 Å². The third-order valence-electron chi connectivity index (χ3n) is 2.31. The monoisotopic (exact) mass is 203 g/mol. The fraction of sp³-hybridized carbons (Fsp3) is 0.250. The molecule has 0 saturated carbocycles. The molecule has 0 aliphatic heterocycles. The van der Waals surface area contributed by atoms with Gasteiger partial charge in [-0.15, -0.1) is 0 Å². The number of aliphatic hydroxyl groups excluding tert-OH is 1. The summed E-state index contributed by atoms with van der Waals surface area (Å²) in [6.45, 7) is 1.71. The van der Waals surface area contributed by atoms with E-state index < -0.39 is 0 Å². The Balaban J connectivity index is 2.05. The average molecular weight is 203 g/mol. The lowest BCUT2D eigenvalue weighted by Crippen LogP contribution is -2.31. The summed E-state index contributed by atoms with van der Waals surface area (Å²) >= 11 is 0. The van der Waals surface area contributed by atoms with E-state index in [1.54, 1.807) is 0 Å². The maximum atomic E-state index is 8.79. The molecule has 78 valence electrons. The number of benzene rings is 1. The summed E-state index contributed by atoms with van der Waals surface area (Å²) in [4.78, 5) is 0. The van der Waals surface area contributed by atoms with Crippen LogP contribution in [0.3, 0.4) is 0 Å². The molecule has 3 nitrogen and oxygen atoms in total. The Kier molecular flexibility index (Phi) is 3.15.